The van der Waals surface area contributed by atoms with Crippen molar-refractivity contribution in [3.8, 4) is 0 Å². The van der Waals surface area contributed by atoms with Crippen LogP contribution in [0.1, 0.15) is 19.8 Å². The highest BCUT2D eigenvalue weighted by Crippen LogP contribution is 2.28. The molecule has 16 heavy (non-hydrogen) atoms. The molecule has 96 valence electrons. The van der Waals surface area contributed by atoms with Crippen LogP contribution >= 0.6 is 0 Å². The van der Waals surface area contributed by atoms with Gasteiger partial charge in [-0.25, -0.2) is 21.6 Å². The topological polar surface area (TPSA) is 83.6 Å². The molecular weight excluding hydrogens is 252 g/mol. The van der Waals surface area contributed by atoms with E-state index in [1.54, 1.807) is 0 Å². The van der Waals surface area contributed by atoms with E-state index in [2.05, 4.69) is 4.72 Å². The Labute approximate surface area is 97.1 Å². The molecule has 0 aromatic carbocycles. The second kappa shape index (κ2) is 4.99. The highest BCUT2D eigenvalue weighted by Gasteiger charge is 2.34. The monoisotopic (exact) mass is 270 g/mol. The lowest BCUT2D eigenvalue weighted by Crippen LogP contribution is -2.39. The molecular formula is C8H18N2O4S2. The lowest BCUT2D eigenvalue weighted by atomic mass is 10.6. The van der Waals surface area contributed by atoms with Gasteiger partial charge in [-0.15, -0.1) is 0 Å². The van der Waals surface area contributed by atoms with Crippen LogP contribution in [0.5, 0.6) is 0 Å². The maximum Gasteiger partial charge on any atom is 0.211 e. The van der Waals surface area contributed by atoms with E-state index < -0.39 is 20.0 Å². The van der Waals surface area contributed by atoms with Gasteiger partial charge in [-0.2, -0.15) is 4.31 Å². The molecule has 8 heteroatoms. The Hall–Kier alpha value is -0.180. The summed E-state index contributed by atoms with van der Waals surface area (Å²) in [7, 11) is -6.47. The zero-order valence-corrected chi connectivity index (χ0v) is 11.1. The van der Waals surface area contributed by atoms with Gasteiger partial charge in [0.25, 0.3) is 0 Å². The Morgan fingerprint density at radius 2 is 1.81 bits per heavy atom. The maximum atomic E-state index is 11.4. The molecule has 0 saturated heterocycles. The standard InChI is InChI=1S/C8H18N2O4S2/c1-3-16(13,14)9-6-7-10(8-4-5-8)15(2,11)12/h8-9H,3-7H2,1-2H3. The Bertz CT molecular complexity index is 425. The van der Waals surface area contributed by atoms with Crippen LogP contribution in [0.3, 0.4) is 0 Å². The summed E-state index contributed by atoms with van der Waals surface area (Å²) in [6.07, 6.45) is 2.89. The van der Waals surface area contributed by atoms with E-state index in [-0.39, 0.29) is 24.9 Å². The minimum absolute atomic E-state index is 0.00923. The van der Waals surface area contributed by atoms with Gasteiger partial charge in [0.2, 0.25) is 20.0 Å². The summed E-state index contributed by atoms with van der Waals surface area (Å²) in [5.41, 5.74) is 0. The maximum absolute atomic E-state index is 11.4. The molecule has 6 nitrogen and oxygen atoms in total. The Morgan fingerprint density at radius 1 is 1.25 bits per heavy atom. The summed E-state index contributed by atoms with van der Waals surface area (Å²) >= 11 is 0. The number of nitrogens with one attached hydrogen (secondary N) is 1. The van der Waals surface area contributed by atoms with Crippen molar-refractivity contribution in [2.24, 2.45) is 0 Å². The summed E-state index contributed by atoms with van der Waals surface area (Å²) in [6.45, 7) is 1.89. The van der Waals surface area contributed by atoms with Crippen LogP contribution in [0.2, 0.25) is 0 Å². The molecule has 0 spiro atoms. The van der Waals surface area contributed by atoms with Crippen molar-refractivity contribution in [3.63, 3.8) is 0 Å². The SMILES string of the molecule is CCS(=O)(=O)NCCN(C1CC1)S(C)(=O)=O. The van der Waals surface area contributed by atoms with Crippen LogP contribution in [-0.2, 0) is 20.0 Å². The third kappa shape index (κ3) is 4.36. The second-order valence-electron chi connectivity index (χ2n) is 3.90. The fraction of sp³-hybridized carbons (Fsp3) is 1.00. The predicted octanol–water partition coefficient (Wildman–Crippen LogP) is -0.650. The van der Waals surface area contributed by atoms with Crippen LogP contribution in [-0.4, -0.2) is 52.3 Å². The van der Waals surface area contributed by atoms with E-state index in [9.17, 15) is 16.8 Å². The zero-order valence-electron chi connectivity index (χ0n) is 9.51. The van der Waals surface area contributed by atoms with E-state index in [4.69, 9.17) is 0 Å². The minimum atomic E-state index is -3.24. The van der Waals surface area contributed by atoms with Crippen LogP contribution < -0.4 is 4.72 Å². The average molecular weight is 270 g/mol. The van der Waals surface area contributed by atoms with Crippen LogP contribution in [0.25, 0.3) is 0 Å². The van der Waals surface area contributed by atoms with Crippen LogP contribution in [0.4, 0.5) is 0 Å². The molecule has 1 fully saturated rings. The molecule has 0 bridgehead atoms. The third-order valence-corrected chi connectivity index (χ3v) is 5.15. The summed E-state index contributed by atoms with van der Waals surface area (Å²) in [5, 5.41) is 0. The lowest BCUT2D eigenvalue weighted by Gasteiger charge is -2.19. The van der Waals surface area contributed by atoms with Crippen molar-refractivity contribution >= 4 is 20.0 Å². The summed E-state index contributed by atoms with van der Waals surface area (Å²) in [4.78, 5) is 0. The van der Waals surface area contributed by atoms with E-state index in [1.807, 2.05) is 0 Å². The van der Waals surface area contributed by atoms with Crippen LogP contribution in [0, 0.1) is 0 Å². The van der Waals surface area contributed by atoms with Gasteiger partial charge in [0.15, 0.2) is 0 Å². The molecule has 0 unspecified atom stereocenters. The molecule has 0 radical (unpaired) electrons. The molecule has 0 heterocycles. The van der Waals surface area contributed by atoms with Gasteiger partial charge in [-0.3, -0.25) is 0 Å². The fourth-order valence-corrected chi connectivity index (χ4v) is 3.18. The first kappa shape index (κ1) is 13.9. The first-order valence-corrected chi connectivity index (χ1v) is 8.70. The highest BCUT2D eigenvalue weighted by atomic mass is 32.2. The van der Waals surface area contributed by atoms with Gasteiger partial charge in [0.1, 0.15) is 0 Å². The third-order valence-electron chi connectivity index (χ3n) is 2.41. The molecule has 0 aromatic rings. The predicted molar refractivity (Wildman–Crippen MR) is 62.0 cm³/mol. The smallest absolute Gasteiger partial charge is 0.211 e. The first-order chi connectivity index (χ1) is 7.26. The van der Waals surface area contributed by atoms with Gasteiger partial charge in [-0.1, -0.05) is 0 Å². The van der Waals surface area contributed by atoms with Crippen molar-refractivity contribution in [1.29, 1.82) is 0 Å². The van der Waals surface area contributed by atoms with Crippen molar-refractivity contribution in [1.82, 2.24) is 9.03 Å². The van der Waals surface area contributed by atoms with Crippen molar-refractivity contribution < 1.29 is 16.8 Å². The minimum Gasteiger partial charge on any atom is -0.214 e. The first-order valence-electron chi connectivity index (χ1n) is 5.20. The van der Waals surface area contributed by atoms with Crippen molar-refractivity contribution in [2.45, 2.75) is 25.8 Å². The average Bonchev–Trinajstić information content (AvgIpc) is 2.94. The quantitative estimate of drug-likeness (QED) is 0.666. The van der Waals surface area contributed by atoms with E-state index in [0.717, 1.165) is 19.1 Å². The molecule has 0 atom stereocenters. The number of rotatable bonds is 7. The van der Waals surface area contributed by atoms with Gasteiger partial charge >= 0.3 is 0 Å². The van der Waals surface area contributed by atoms with Crippen LogP contribution in [0.15, 0.2) is 0 Å². The normalized spacial score (nSPS) is 17.9. The molecule has 1 rings (SSSR count). The molecule has 1 aliphatic rings. The lowest BCUT2D eigenvalue weighted by molar-refractivity contribution is 0.410. The molecule has 1 saturated carbocycles. The largest absolute Gasteiger partial charge is 0.214 e. The highest BCUT2D eigenvalue weighted by molar-refractivity contribution is 7.89. The van der Waals surface area contributed by atoms with Gasteiger partial charge in [0.05, 0.1) is 12.0 Å². The molecule has 0 amide bonds. The van der Waals surface area contributed by atoms with Gasteiger partial charge < -0.3 is 0 Å². The Balaban J connectivity index is 2.46. The number of hydrogen-bond acceptors (Lipinski definition) is 4. The van der Waals surface area contributed by atoms with E-state index >= 15 is 0 Å². The number of hydrogen-bond donors (Lipinski definition) is 1. The molecule has 0 aliphatic heterocycles. The fourth-order valence-electron chi connectivity index (χ4n) is 1.40. The summed E-state index contributed by atoms with van der Waals surface area (Å²) in [6, 6.07) is 0.0705. The Kier molecular flexibility index (Phi) is 4.33. The van der Waals surface area contributed by atoms with Crippen molar-refractivity contribution in [3.05, 3.63) is 0 Å². The number of sulfonamides is 2. The van der Waals surface area contributed by atoms with E-state index in [1.165, 1.54) is 11.2 Å². The molecule has 0 aromatic heterocycles. The Morgan fingerprint density at radius 3 is 2.19 bits per heavy atom. The van der Waals surface area contributed by atoms with Gasteiger partial charge in [0, 0.05) is 19.1 Å². The van der Waals surface area contributed by atoms with E-state index in [0.29, 0.717) is 0 Å². The van der Waals surface area contributed by atoms with Gasteiger partial charge in [-0.05, 0) is 19.8 Å². The summed E-state index contributed by atoms with van der Waals surface area (Å²) in [5.74, 6) is 0.00923. The number of nitrogens with zero attached hydrogens (tertiary/aromatic N) is 1. The summed E-state index contributed by atoms with van der Waals surface area (Å²) < 4.78 is 48.8. The molecule has 1 N–H and O–H groups in total. The zero-order chi connectivity index (χ0) is 12.4. The molecule has 1 aliphatic carbocycles. The van der Waals surface area contributed by atoms with Crippen molar-refractivity contribution in [2.75, 3.05) is 25.1 Å². The second-order valence-corrected chi connectivity index (χ2v) is 7.93.